The number of halogens is 3. The number of ketones is 1. The van der Waals surface area contributed by atoms with E-state index in [2.05, 4.69) is 4.98 Å². The molecule has 0 saturated carbocycles. The molecule has 116 valence electrons. The fourth-order valence-electron chi connectivity index (χ4n) is 2.65. The zero-order chi connectivity index (χ0) is 15.5. The molecule has 1 fully saturated rings. The van der Waals surface area contributed by atoms with Crippen LogP contribution in [0.4, 0.5) is 19.0 Å². The summed E-state index contributed by atoms with van der Waals surface area (Å²) >= 11 is 0. The van der Waals surface area contributed by atoms with Crippen LogP contribution < -0.4 is 4.90 Å². The van der Waals surface area contributed by atoms with Crippen LogP contribution in [0.15, 0.2) is 18.3 Å². The lowest BCUT2D eigenvalue weighted by Crippen LogP contribution is -2.36. The van der Waals surface area contributed by atoms with Crippen molar-refractivity contribution >= 4 is 11.6 Å². The van der Waals surface area contributed by atoms with Gasteiger partial charge in [-0.15, -0.1) is 0 Å². The highest BCUT2D eigenvalue weighted by Crippen LogP contribution is 2.30. The van der Waals surface area contributed by atoms with E-state index in [0.29, 0.717) is 25.2 Å². The number of piperidine rings is 1. The van der Waals surface area contributed by atoms with Gasteiger partial charge in [0.25, 0.3) is 0 Å². The quantitative estimate of drug-likeness (QED) is 0.850. The Balaban J connectivity index is 2.02. The average molecular weight is 300 g/mol. The highest BCUT2D eigenvalue weighted by Gasteiger charge is 2.31. The monoisotopic (exact) mass is 300 g/mol. The fraction of sp³-hybridized carbons (Fsp3) is 0.600. The summed E-state index contributed by atoms with van der Waals surface area (Å²) in [5.74, 6) is 1.06. The zero-order valence-electron chi connectivity index (χ0n) is 12.0. The summed E-state index contributed by atoms with van der Waals surface area (Å²) in [5, 5.41) is 0. The average Bonchev–Trinajstić information content (AvgIpc) is 2.46. The van der Waals surface area contributed by atoms with E-state index in [1.54, 1.807) is 0 Å². The van der Waals surface area contributed by atoms with Crippen LogP contribution in [0.2, 0.25) is 0 Å². The number of alkyl halides is 3. The van der Waals surface area contributed by atoms with Gasteiger partial charge < -0.3 is 4.90 Å². The van der Waals surface area contributed by atoms with Gasteiger partial charge in [-0.05, 0) is 30.9 Å². The number of hydrogen-bond donors (Lipinski definition) is 0. The molecule has 6 heteroatoms. The Bertz CT molecular complexity index is 485. The van der Waals surface area contributed by atoms with E-state index in [1.165, 1.54) is 6.07 Å². The molecule has 0 bridgehead atoms. The minimum absolute atomic E-state index is 0.238. The third kappa shape index (κ3) is 4.19. The van der Waals surface area contributed by atoms with Gasteiger partial charge in [0.15, 0.2) is 0 Å². The van der Waals surface area contributed by atoms with Crippen molar-refractivity contribution in [2.75, 3.05) is 18.0 Å². The van der Waals surface area contributed by atoms with E-state index in [-0.39, 0.29) is 11.7 Å². The molecule has 1 saturated heterocycles. The van der Waals surface area contributed by atoms with Gasteiger partial charge in [-0.25, -0.2) is 4.98 Å². The number of Topliss-reactive ketones (excluding diaryl/α,β-unsaturated/α-hetero) is 1. The Kier molecular flexibility index (Phi) is 4.85. The third-order valence-electron chi connectivity index (χ3n) is 3.83. The lowest BCUT2D eigenvalue weighted by atomic mass is 9.92. The number of pyridine rings is 1. The Labute approximate surface area is 122 Å². The van der Waals surface area contributed by atoms with E-state index < -0.39 is 11.7 Å². The Morgan fingerprint density at radius 2 is 2.19 bits per heavy atom. The van der Waals surface area contributed by atoms with Crippen molar-refractivity contribution in [2.24, 2.45) is 5.92 Å². The van der Waals surface area contributed by atoms with Gasteiger partial charge in [-0.3, -0.25) is 4.79 Å². The van der Waals surface area contributed by atoms with E-state index in [4.69, 9.17) is 0 Å². The van der Waals surface area contributed by atoms with Gasteiger partial charge in [-0.2, -0.15) is 13.2 Å². The Hall–Kier alpha value is -1.59. The van der Waals surface area contributed by atoms with Gasteiger partial charge in [0.05, 0.1) is 5.56 Å². The van der Waals surface area contributed by atoms with Crippen LogP contribution in [-0.4, -0.2) is 23.9 Å². The lowest BCUT2D eigenvalue weighted by molar-refractivity contribution is -0.137. The molecule has 0 aromatic carbocycles. The first-order valence-electron chi connectivity index (χ1n) is 7.20. The molecule has 0 spiro atoms. The van der Waals surface area contributed by atoms with Gasteiger partial charge in [-0.1, -0.05) is 6.92 Å². The zero-order valence-corrected chi connectivity index (χ0v) is 12.0. The number of anilines is 1. The lowest BCUT2D eigenvalue weighted by Gasteiger charge is -2.33. The first kappa shape index (κ1) is 15.8. The Morgan fingerprint density at radius 3 is 2.76 bits per heavy atom. The molecule has 1 atom stereocenters. The van der Waals surface area contributed by atoms with Crippen LogP contribution in [0.1, 0.15) is 38.2 Å². The van der Waals surface area contributed by atoms with Gasteiger partial charge in [0.1, 0.15) is 11.6 Å². The summed E-state index contributed by atoms with van der Waals surface area (Å²) < 4.78 is 37.5. The maximum atomic E-state index is 12.5. The van der Waals surface area contributed by atoms with E-state index in [1.807, 2.05) is 11.8 Å². The number of aromatic nitrogens is 1. The summed E-state index contributed by atoms with van der Waals surface area (Å²) in [6.07, 6.45) is -0.477. The second-order valence-electron chi connectivity index (χ2n) is 5.45. The smallest absolute Gasteiger partial charge is 0.356 e. The molecule has 1 unspecified atom stereocenters. The molecule has 2 rings (SSSR count). The van der Waals surface area contributed by atoms with Crippen molar-refractivity contribution in [3.05, 3.63) is 23.9 Å². The number of rotatable bonds is 4. The van der Waals surface area contributed by atoms with Crippen LogP contribution in [0.3, 0.4) is 0 Å². The van der Waals surface area contributed by atoms with Crippen LogP contribution in [0.25, 0.3) is 0 Å². The summed E-state index contributed by atoms with van der Waals surface area (Å²) in [5.41, 5.74) is -0.735. The third-order valence-corrected chi connectivity index (χ3v) is 3.83. The van der Waals surface area contributed by atoms with Crippen LogP contribution in [0, 0.1) is 5.92 Å². The van der Waals surface area contributed by atoms with Gasteiger partial charge >= 0.3 is 6.18 Å². The van der Waals surface area contributed by atoms with Crippen molar-refractivity contribution in [1.29, 1.82) is 0 Å². The molecule has 0 N–H and O–H groups in total. The van der Waals surface area contributed by atoms with Crippen molar-refractivity contribution < 1.29 is 18.0 Å². The normalized spacial score (nSPS) is 19.6. The summed E-state index contributed by atoms with van der Waals surface area (Å²) in [4.78, 5) is 17.4. The number of hydrogen-bond acceptors (Lipinski definition) is 3. The highest BCUT2D eigenvalue weighted by molar-refractivity contribution is 5.78. The molecular formula is C15H19F3N2O. The molecule has 3 nitrogen and oxygen atoms in total. The van der Waals surface area contributed by atoms with Crippen molar-refractivity contribution in [3.63, 3.8) is 0 Å². The molecule has 1 aromatic heterocycles. The molecule has 2 heterocycles. The molecule has 0 amide bonds. The first-order valence-corrected chi connectivity index (χ1v) is 7.20. The fourth-order valence-corrected chi connectivity index (χ4v) is 2.65. The van der Waals surface area contributed by atoms with Crippen LogP contribution in [-0.2, 0) is 11.0 Å². The summed E-state index contributed by atoms with van der Waals surface area (Å²) in [6, 6.07) is 2.47. The molecule has 1 aliphatic heterocycles. The standard InChI is InChI=1S/C15H19F3N2O/c1-2-13(21)8-11-4-3-7-20(10-11)14-6-5-12(9-19-14)15(16,17)18/h5-6,9,11H,2-4,7-8,10H2,1H3. The van der Waals surface area contributed by atoms with Crippen molar-refractivity contribution in [3.8, 4) is 0 Å². The minimum Gasteiger partial charge on any atom is -0.356 e. The second kappa shape index (κ2) is 6.45. The van der Waals surface area contributed by atoms with Crippen molar-refractivity contribution in [2.45, 2.75) is 38.8 Å². The van der Waals surface area contributed by atoms with E-state index in [0.717, 1.165) is 31.6 Å². The molecule has 0 aliphatic carbocycles. The molecule has 21 heavy (non-hydrogen) atoms. The van der Waals surface area contributed by atoms with Crippen LogP contribution in [0.5, 0.6) is 0 Å². The highest BCUT2D eigenvalue weighted by atomic mass is 19.4. The second-order valence-corrected chi connectivity index (χ2v) is 5.45. The van der Waals surface area contributed by atoms with E-state index in [9.17, 15) is 18.0 Å². The summed E-state index contributed by atoms with van der Waals surface area (Å²) in [6.45, 7) is 3.31. The molecular weight excluding hydrogens is 281 g/mol. The maximum Gasteiger partial charge on any atom is 0.417 e. The topological polar surface area (TPSA) is 33.2 Å². The number of nitrogens with zero attached hydrogens (tertiary/aromatic N) is 2. The predicted octanol–water partition coefficient (Wildman–Crippen LogP) is 3.69. The molecule has 1 aromatic rings. The van der Waals surface area contributed by atoms with Crippen molar-refractivity contribution in [1.82, 2.24) is 4.98 Å². The van der Waals surface area contributed by atoms with Gasteiger partial charge in [0, 0.05) is 32.1 Å². The largest absolute Gasteiger partial charge is 0.417 e. The van der Waals surface area contributed by atoms with Gasteiger partial charge in [0.2, 0.25) is 0 Å². The first-order chi connectivity index (χ1) is 9.90. The summed E-state index contributed by atoms with van der Waals surface area (Å²) in [7, 11) is 0. The molecule has 0 radical (unpaired) electrons. The number of carbonyl (C=O) groups excluding carboxylic acids is 1. The minimum atomic E-state index is -4.36. The van der Waals surface area contributed by atoms with Crippen LogP contribution >= 0.6 is 0 Å². The molecule has 1 aliphatic rings. The predicted molar refractivity (Wildman–Crippen MR) is 74.1 cm³/mol. The van der Waals surface area contributed by atoms with E-state index >= 15 is 0 Å². The SMILES string of the molecule is CCC(=O)CC1CCCN(c2ccc(C(F)(F)F)cn2)C1. The maximum absolute atomic E-state index is 12.5. The Morgan fingerprint density at radius 1 is 1.43 bits per heavy atom. The number of carbonyl (C=O) groups is 1.